The number of aryl methyl sites for hydroxylation is 2. The topological polar surface area (TPSA) is 56.7 Å². The van der Waals surface area contributed by atoms with Crippen molar-refractivity contribution in [2.75, 3.05) is 5.73 Å². The summed E-state index contributed by atoms with van der Waals surface area (Å²) in [6.45, 7) is 3.99. The Hall–Kier alpha value is -2.62. The van der Waals surface area contributed by atoms with E-state index in [1.807, 2.05) is 62.4 Å². The van der Waals surface area contributed by atoms with Gasteiger partial charge in [0.15, 0.2) is 5.82 Å². The molecule has 0 unspecified atom stereocenters. The van der Waals surface area contributed by atoms with Crippen LogP contribution in [0.15, 0.2) is 48.5 Å². The minimum Gasteiger partial charge on any atom is -0.399 e. The zero-order chi connectivity index (χ0) is 14.1. The lowest BCUT2D eigenvalue weighted by atomic mass is 10.1. The first-order valence-corrected chi connectivity index (χ1v) is 6.51. The maximum absolute atomic E-state index is 5.82. The molecule has 4 nitrogen and oxygen atoms in total. The highest BCUT2D eigenvalue weighted by Gasteiger charge is 2.14. The third kappa shape index (κ3) is 2.05. The molecular formula is C16H16N4. The van der Waals surface area contributed by atoms with Crippen molar-refractivity contribution in [2.45, 2.75) is 13.8 Å². The predicted octanol–water partition coefficient (Wildman–Crippen LogP) is 3.13. The number of para-hydroxylation sites is 1. The van der Waals surface area contributed by atoms with E-state index in [0.29, 0.717) is 0 Å². The summed E-state index contributed by atoms with van der Waals surface area (Å²) in [5.41, 5.74) is 9.77. The van der Waals surface area contributed by atoms with Crippen molar-refractivity contribution in [3.63, 3.8) is 0 Å². The number of rotatable bonds is 2. The summed E-state index contributed by atoms with van der Waals surface area (Å²) in [5.74, 6) is 1.70. The van der Waals surface area contributed by atoms with Crippen molar-refractivity contribution in [3.05, 3.63) is 59.9 Å². The molecule has 3 aromatic rings. The second kappa shape index (κ2) is 4.81. The summed E-state index contributed by atoms with van der Waals surface area (Å²) in [6, 6.07) is 15.9. The van der Waals surface area contributed by atoms with Crippen molar-refractivity contribution < 1.29 is 0 Å². The molecule has 0 aliphatic heterocycles. The molecule has 3 rings (SSSR count). The number of hydrogen-bond donors (Lipinski definition) is 1. The molecule has 0 aliphatic rings. The summed E-state index contributed by atoms with van der Waals surface area (Å²) >= 11 is 0. The lowest BCUT2D eigenvalue weighted by molar-refractivity contribution is 0.971. The molecular weight excluding hydrogens is 248 g/mol. The molecule has 0 atom stereocenters. The summed E-state index contributed by atoms with van der Waals surface area (Å²) < 4.78 is 2.05. The number of aromatic nitrogens is 3. The fourth-order valence-corrected chi connectivity index (χ4v) is 2.36. The van der Waals surface area contributed by atoms with Gasteiger partial charge in [0.25, 0.3) is 0 Å². The molecule has 1 aromatic heterocycles. The predicted molar refractivity (Wildman–Crippen MR) is 80.7 cm³/mol. The molecule has 1 heterocycles. The molecule has 0 aliphatic carbocycles. The monoisotopic (exact) mass is 264 g/mol. The third-order valence-electron chi connectivity index (χ3n) is 3.33. The maximum Gasteiger partial charge on any atom is 0.168 e. The Morgan fingerprint density at radius 2 is 1.70 bits per heavy atom. The first kappa shape index (κ1) is 12.4. The standard InChI is InChI=1S/C16H16N4/c1-11-10-13(17)8-9-15(11)16-19-18-12(2)20(16)14-6-4-3-5-7-14/h3-10H,17H2,1-2H3. The van der Waals surface area contributed by atoms with Gasteiger partial charge < -0.3 is 5.73 Å². The van der Waals surface area contributed by atoms with E-state index >= 15 is 0 Å². The third-order valence-corrected chi connectivity index (χ3v) is 3.33. The van der Waals surface area contributed by atoms with E-state index in [-0.39, 0.29) is 0 Å². The number of nitrogens with zero attached hydrogens (tertiary/aromatic N) is 3. The fraction of sp³-hybridized carbons (Fsp3) is 0.125. The van der Waals surface area contributed by atoms with Gasteiger partial charge in [0, 0.05) is 16.9 Å². The highest BCUT2D eigenvalue weighted by Crippen LogP contribution is 2.26. The number of nitrogens with two attached hydrogens (primary N) is 1. The van der Waals surface area contributed by atoms with Crippen molar-refractivity contribution in [1.82, 2.24) is 14.8 Å². The van der Waals surface area contributed by atoms with E-state index in [1.165, 1.54) is 0 Å². The van der Waals surface area contributed by atoms with E-state index in [1.54, 1.807) is 0 Å². The van der Waals surface area contributed by atoms with Gasteiger partial charge in [0.05, 0.1) is 0 Å². The smallest absolute Gasteiger partial charge is 0.168 e. The number of benzene rings is 2. The van der Waals surface area contributed by atoms with Crippen LogP contribution in [-0.2, 0) is 0 Å². The van der Waals surface area contributed by atoms with Crippen molar-refractivity contribution >= 4 is 5.69 Å². The van der Waals surface area contributed by atoms with Gasteiger partial charge in [0.2, 0.25) is 0 Å². The van der Waals surface area contributed by atoms with Crippen molar-refractivity contribution in [2.24, 2.45) is 0 Å². The second-order valence-electron chi connectivity index (χ2n) is 4.82. The molecule has 4 heteroatoms. The first-order chi connectivity index (χ1) is 9.66. The molecule has 100 valence electrons. The quantitative estimate of drug-likeness (QED) is 0.723. The summed E-state index contributed by atoms with van der Waals surface area (Å²) in [7, 11) is 0. The molecule has 0 saturated carbocycles. The van der Waals surface area contributed by atoms with E-state index < -0.39 is 0 Å². The van der Waals surface area contributed by atoms with Crippen LogP contribution in [0.3, 0.4) is 0 Å². The van der Waals surface area contributed by atoms with Crippen LogP contribution in [0.5, 0.6) is 0 Å². The van der Waals surface area contributed by atoms with Crippen LogP contribution in [0.25, 0.3) is 17.1 Å². The zero-order valence-corrected chi connectivity index (χ0v) is 11.5. The molecule has 2 N–H and O–H groups in total. The highest BCUT2D eigenvalue weighted by atomic mass is 15.3. The Bertz CT molecular complexity index is 744. The zero-order valence-electron chi connectivity index (χ0n) is 11.5. The van der Waals surface area contributed by atoms with Gasteiger partial charge in [-0.1, -0.05) is 18.2 Å². The van der Waals surface area contributed by atoms with Crippen LogP contribution in [-0.4, -0.2) is 14.8 Å². The number of nitrogen functional groups attached to an aromatic ring is 1. The van der Waals surface area contributed by atoms with E-state index in [0.717, 1.165) is 34.2 Å². The van der Waals surface area contributed by atoms with Gasteiger partial charge in [-0.2, -0.15) is 0 Å². The largest absolute Gasteiger partial charge is 0.399 e. The molecule has 0 amide bonds. The van der Waals surface area contributed by atoms with Gasteiger partial charge in [0.1, 0.15) is 5.82 Å². The van der Waals surface area contributed by atoms with Gasteiger partial charge in [-0.05, 0) is 49.7 Å². The lowest BCUT2D eigenvalue weighted by Crippen LogP contribution is -2.01. The summed E-state index contributed by atoms with van der Waals surface area (Å²) in [5, 5.41) is 8.54. The molecule has 0 spiro atoms. The second-order valence-corrected chi connectivity index (χ2v) is 4.82. The molecule has 0 saturated heterocycles. The molecule has 0 radical (unpaired) electrons. The number of anilines is 1. The van der Waals surface area contributed by atoms with Crippen LogP contribution in [0, 0.1) is 13.8 Å². The van der Waals surface area contributed by atoms with Crippen LogP contribution in [0.4, 0.5) is 5.69 Å². The summed E-state index contributed by atoms with van der Waals surface area (Å²) in [4.78, 5) is 0. The van der Waals surface area contributed by atoms with E-state index in [4.69, 9.17) is 5.73 Å². The highest BCUT2D eigenvalue weighted by molar-refractivity contribution is 5.65. The van der Waals surface area contributed by atoms with Crippen LogP contribution in [0.2, 0.25) is 0 Å². The Morgan fingerprint density at radius 1 is 0.950 bits per heavy atom. The Labute approximate surface area is 117 Å². The molecule has 0 bridgehead atoms. The molecule has 20 heavy (non-hydrogen) atoms. The minimum absolute atomic E-state index is 0.758. The van der Waals surface area contributed by atoms with Crippen LogP contribution in [0.1, 0.15) is 11.4 Å². The van der Waals surface area contributed by atoms with Gasteiger partial charge >= 0.3 is 0 Å². The Kier molecular flexibility index (Phi) is 2.99. The molecule has 0 fully saturated rings. The van der Waals surface area contributed by atoms with E-state index in [9.17, 15) is 0 Å². The number of hydrogen-bond acceptors (Lipinski definition) is 3. The fourth-order valence-electron chi connectivity index (χ4n) is 2.36. The molecule has 2 aromatic carbocycles. The van der Waals surface area contributed by atoms with Gasteiger partial charge in [-0.15, -0.1) is 10.2 Å². The van der Waals surface area contributed by atoms with Crippen molar-refractivity contribution in [1.29, 1.82) is 0 Å². The first-order valence-electron chi connectivity index (χ1n) is 6.51. The lowest BCUT2D eigenvalue weighted by Gasteiger charge is -2.10. The normalized spacial score (nSPS) is 10.7. The maximum atomic E-state index is 5.82. The van der Waals surface area contributed by atoms with Crippen LogP contribution >= 0.6 is 0 Å². The van der Waals surface area contributed by atoms with E-state index in [2.05, 4.69) is 14.8 Å². The van der Waals surface area contributed by atoms with Gasteiger partial charge in [-0.3, -0.25) is 4.57 Å². The summed E-state index contributed by atoms with van der Waals surface area (Å²) in [6.07, 6.45) is 0. The minimum atomic E-state index is 0.758. The van der Waals surface area contributed by atoms with Crippen molar-refractivity contribution in [3.8, 4) is 17.1 Å². The van der Waals surface area contributed by atoms with Gasteiger partial charge in [-0.25, -0.2) is 0 Å². The average Bonchev–Trinajstić information content (AvgIpc) is 2.81. The average molecular weight is 264 g/mol. The van der Waals surface area contributed by atoms with Crippen LogP contribution < -0.4 is 5.73 Å². The Balaban J connectivity index is 2.21. The SMILES string of the molecule is Cc1cc(N)ccc1-c1nnc(C)n1-c1ccccc1. The Morgan fingerprint density at radius 3 is 2.40 bits per heavy atom.